The van der Waals surface area contributed by atoms with Crippen molar-refractivity contribution in [3.05, 3.63) is 206 Å². The first kappa shape index (κ1) is 32.8. The molecular formula is C54H34N2OS. The molecule has 0 fully saturated rings. The van der Waals surface area contributed by atoms with Crippen LogP contribution < -0.4 is 4.90 Å². The Kier molecular flexibility index (Phi) is 7.40. The van der Waals surface area contributed by atoms with Crippen LogP contribution in [0.3, 0.4) is 0 Å². The van der Waals surface area contributed by atoms with Gasteiger partial charge in [0.1, 0.15) is 11.2 Å². The van der Waals surface area contributed by atoms with Crippen molar-refractivity contribution in [1.29, 1.82) is 0 Å². The minimum atomic E-state index is 0.875. The highest BCUT2D eigenvalue weighted by Gasteiger charge is 2.25. The molecule has 0 aliphatic rings. The number of para-hydroxylation sites is 2. The summed E-state index contributed by atoms with van der Waals surface area (Å²) in [5, 5.41) is 7.18. The van der Waals surface area contributed by atoms with E-state index in [1.807, 2.05) is 11.3 Å². The molecule has 0 amide bonds. The Labute approximate surface area is 338 Å². The zero-order valence-corrected chi connectivity index (χ0v) is 32.2. The first-order valence-corrected chi connectivity index (χ1v) is 20.5. The molecule has 0 N–H and O–H groups in total. The molecule has 0 radical (unpaired) electrons. The fraction of sp³-hybridized carbons (Fsp3) is 0. The van der Waals surface area contributed by atoms with E-state index in [9.17, 15) is 0 Å². The lowest BCUT2D eigenvalue weighted by molar-refractivity contribution is 0.669. The fourth-order valence-electron chi connectivity index (χ4n) is 9.03. The summed E-state index contributed by atoms with van der Waals surface area (Å²) < 4.78 is 11.7. The molecule has 0 aliphatic carbocycles. The lowest BCUT2D eigenvalue weighted by Gasteiger charge is -2.26. The summed E-state index contributed by atoms with van der Waals surface area (Å²) >= 11 is 1.86. The van der Waals surface area contributed by atoms with Gasteiger partial charge in [-0.3, -0.25) is 0 Å². The predicted molar refractivity (Wildman–Crippen MR) is 247 cm³/mol. The SMILES string of the molecule is c1ccc(-c2ccc(-n3c4ccc(N(c5ccccc5)c5cccc6c5sc5ccccc56)cc4c4c(-c5ccccc5)c5c(cc43)oc3ccccc35)cc2)cc1. The van der Waals surface area contributed by atoms with Crippen molar-refractivity contribution in [2.75, 3.05) is 4.90 Å². The second-order valence-electron chi connectivity index (χ2n) is 14.9. The summed E-state index contributed by atoms with van der Waals surface area (Å²) in [6.07, 6.45) is 0. The molecular weight excluding hydrogens is 725 g/mol. The third kappa shape index (κ3) is 5.05. The van der Waals surface area contributed by atoms with Crippen LogP contribution in [0, 0.1) is 0 Å². The largest absolute Gasteiger partial charge is 0.456 e. The second kappa shape index (κ2) is 13.1. The third-order valence-corrected chi connectivity index (χ3v) is 12.8. The quantitative estimate of drug-likeness (QED) is 0.168. The van der Waals surface area contributed by atoms with E-state index in [2.05, 4.69) is 216 Å². The Morgan fingerprint density at radius 3 is 1.86 bits per heavy atom. The number of hydrogen-bond acceptors (Lipinski definition) is 3. The summed E-state index contributed by atoms with van der Waals surface area (Å²) in [5.41, 5.74) is 13.2. The highest BCUT2D eigenvalue weighted by atomic mass is 32.1. The van der Waals surface area contributed by atoms with Crippen molar-refractivity contribution in [3.8, 4) is 27.9 Å². The maximum Gasteiger partial charge on any atom is 0.138 e. The van der Waals surface area contributed by atoms with Gasteiger partial charge >= 0.3 is 0 Å². The number of hydrogen-bond donors (Lipinski definition) is 0. The molecule has 0 spiro atoms. The van der Waals surface area contributed by atoms with Crippen LogP contribution in [-0.2, 0) is 0 Å². The van der Waals surface area contributed by atoms with Crippen LogP contribution in [0.2, 0.25) is 0 Å². The number of aromatic nitrogens is 1. The smallest absolute Gasteiger partial charge is 0.138 e. The first-order valence-electron chi connectivity index (χ1n) is 19.7. The Hall–Kier alpha value is -7.40. The molecule has 12 aromatic rings. The van der Waals surface area contributed by atoms with E-state index in [0.717, 1.165) is 61.3 Å². The van der Waals surface area contributed by atoms with Gasteiger partial charge in [-0.1, -0.05) is 140 Å². The molecule has 3 nitrogen and oxygen atoms in total. The third-order valence-electron chi connectivity index (χ3n) is 11.6. The van der Waals surface area contributed by atoms with E-state index in [4.69, 9.17) is 4.42 Å². The van der Waals surface area contributed by atoms with Crippen LogP contribution in [0.25, 0.3) is 91.9 Å². The molecule has 0 unspecified atom stereocenters. The van der Waals surface area contributed by atoms with Gasteiger partial charge in [0.25, 0.3) is 0 Å². The van der Waals surface area contributed by atoms with E-state index >= 15 is 0 Å². The molecule has 3 aromatic heterocycles. The van der Waals surface area contributed by atoms with Crippen LogP contribution >= 0.6 is 11.3 Å². The standard InChI is InChI=1S/C54H34N2OS/c1-4-15-35(16-5-1)36-27-29-39(30-28-36)56-45-32-31-40(55(38-19-8-3-9-20-38)46-24-14-23-42-41-21-11-13-26-50(41)58-54(42)46)33-44(45)52-47(56)34-49-53(43-22-10-12-25-48(43)57-49)51(52)37-17-6-2-7-18-37/h1-34H. The summed E-state index contributed by atoms with van der Waals surface area (Å²) in [5.74, 6) is 0. The molecule has 12 rings (SSSR count). The van der Waals surface area contributed by atoms with Gasteiger partial charge in [0, 0.05) is 65.7 Å². The van der Waals surface area contributed by atoms with Crippen molar-refractivity contribution >= 4 is 92.3 Å². The average molecular weight is 759 g/mol. The van der Waals surface area contributed by atoms with Crippen molar-refractivity contribution in [2.24, 2.45) is 0 Å². The van der Waals surface area contributed by atoms with E-state index in [-0.39, 0.29) is 0 Å². The van der Waals surface area contributed by atoms with Crippen LogP contribution in [0.5, 0.6) is 0 Å². The maximum absolute atomic E-state index is 6.71. The topological polar surface area (TPSA) is 21.3 Å². The number of rotatable bonds is 6. The molecule has 0 bridgehead atoms. The highest BCUT2D eigenvalue weighted by molar-refractivity contribution is 7.26. The monoisotopic (exact) mass is 758 g/mol. The highest BCUT2D eigenvalue weighted by Crippen LogP contribution is 2.49. The molecule has 272 valence electrons. The van der Waals surface area contributed by atoms with E-state index in [1.165, 1.54) is 47.6 Å². The van der Waals surface area contributed by atoms with Crippen molar-refractivity contribution in [1.82, 2.24) is 4.57 Å². The van der Waals surface area contributed by atoms with Gasteiger partial charge in [0.15, 0.2) is 0 Å². The van der Waals surface area contributed by atoms with Gasteiger partial charge < -0.3 is 13.9 Å². The zero-order chi connectivity index (χ0) is 38.2. The van der Waals surface area contributed by atoms with E-state index < -0.39 is 0 Å². The van der Waals surface area contributed by atoms with Gasteiger partial charge in [-0.05, 0) is 77.4 Å². The van der Waals surface area contributed by atoms with Crippen LogP contribution in [0.4, 0.5) is 17.1 Å². The van der Waals surface area contributed by atoms with Crippen LogP contribution in [0.15, 0.2) is 211 Å². The summed E-state index contributed by atoms with van der Waals surface area (Å²) in [4.78, 5) is 2.43. The Morgan fingerprint density at radius 1 is 0.414 bits per heavy atom. The van der Waals surface area contributed by atoms with E-state index in [1.54, 1.807) is 0 Å². The van der Waals surface area contributed by atoms with Gasteiger partial charge in [0.2, 0.25) is 0 Å². The number of benzene rings is 9. The van der Waals surface area contributed by atoms with Crippen LogP contribution in [0.1, 0.15) is 0 Å². The molecule has 58 heavy (non-hydrogen) atoms. The van der Waals surface area contributed by atoms with Gasteiger partial charge in [-0.15, -0.1) is 11.3 Å². The Morgan fingerprint density at radius 2 is 1.07 bits per heavy atom. The van der Waals surface area contributed by atoms with E-state index in [0.29, 0.717) is 0 Å². The number of thiophene rings is 1. The second-order valence-corrected chi connectivity index (χ2v) is 15.9. The Balaban J connectivity index is 1.19. The van der Waals surface area contributed by atoms with Crippen molar-refractivity contribution in [3.63, 3.8) is 0 Å². The number of furan rings is 1. The molecule has 9 aromatic carbocycles. The zero-order valence-electron chi connectivity index (χ0n) is 31.3. The van der Waals surface area contributed by atoms with Crippen molar-refractivity contribution in [2.45, 2.75) is 0 Å². The fourth-order valence-corrected chi connectivity index (χ4v) is 10.2. The molecule has 4 heteroatoms. The molecule has 0 saturated carbocycles. The predicted octanol–water partition coefficient (Wildman–Crippen LogP) is 15.9. The maximum atomic E-state index is 6.71. The van der Waals surface area contributed by atoms with Gasteiger partial charge in [0.05, 0.1) is 21.4 Å². The van der Waals surface area contributed by atoms with Gasteiger partial charge in [-0.2, -0.15) is 0 Å². The first-order chi connectivity index (χ1) is 28.8. The Bertz CT molecular complexity index is 3490. The summed E-state index contributed by atoms with van der Waals surface area (Å²) in [7, 11) is 0. The molecule has 3 heterocycles. The van der Waals surface area contributed by atoms with Crippen LogP contribution in [-0.4, -0.2) is 4.57 Å². The summed E-state index contributed by atoms with van der Waals surface area (Å²) in [6.45, 7) is 0. The van der Waals surface area contributed by atoms with Gasteiger partial charge in [-0.25, -0.2) is 0 Å². The normalized spacial score (nSPS) is 11.8. The minimum Gasteiger partial charge on any atom is -0.456 e. The molecule has 0 aliphatic heterocycles. The minimum absolute atomic E-state index is 0.875. The molecule has 0 atom stereocenters. The number of anilines is 3. The number of nitrogens with zero attached hydrogens (tertiary/aromatic N) is 2. The lowest BCUT2D eigenvalue weighted by atomic mass is 9.94. The average Bonchev–Trinajstić information content (AvgIpc) is 3.96. The summed E-state index contributed by atoms with van der Waals surface area (Å²) in [6, 6.07) is 74.3. The van der Waals surface area contributed by atoms with Crippen molar-refractivity contribution < 1.29 is 4.42 Å². The lowest BCUT2D eigenvalue weighted by Crippen LogP contribution is -2.10. The molecule has 0 saturated heterocycles. The number of fused-ring (bicyclic) bond motifs is 9.